The minimum Gasteiger partial charge on any atom is -0.429 e. The normalized spacial score (nSPS) is 11.7. The van der Waals surface area contributed by atoms with Gasteiger partial charge in [0.15, 0.2) is 0 Å². The lowest BCUT2D eigenvalue weighted by molar-refractivity contribution is -0.696. The molecule has 0 aliphatic heterocycles. The van der Waals surface area contributed by atoms with Crippen molar-refractivity contribution in [2.45, 2.75) is 37.6 Å². The number of para-hydroxylation sites is 2. The summed E-state index contributed by atoms with van der Waals surface area (Å²) in [5.41, 5.74) is 1.25. The van der Waals surface area contributed by atoms with Crippen molar-refractivity contribution in [3.8, 4) is 5.82 Å². The van der Waals surface area contributed by atoms with Crippen molar-refractivity contribution in [1.82, 2.24) is 14.5 Å². The van der Waals surface area contributed by atoms with E-state index in [0.29, 0.717) is 16.9 Å². The number of unbranched alkanes of at least 4 members (excludes halogenated alkanes) is 2. The zero-order valence-electron chi connectivity index (χ0n) is 17.0. The lowest BCUT2D eigenvalue weighted by atomic mass is 10.2. The summed E-state index contributed by atoms with van der Waals surface area (Å²) in [5, 5.41) is 0. The molecule has 0 bridgehead atoms. The number of rotatable bonds is 8. The van der Waals surface area contributed by atoms with Crippen LogP contribution in [0.3, 0.4) is 0 Å². The Morgan fingerprint density at radius 3 is 2.45 bits per heavy atom. The van der Waals surface area contributed by atoms with Crippen molar-refractivity contribution in [3.63, 3.8) is 0 Å². The van der Waals surface area contributed by atoms with Gasteiger partial charge >= 0.3 is 0 Å². The van der Waals surface area contributed by atoms with E-state index in [0.717, 1.165) is 30.3 Å². The minimum atomic E-state index is -3.96. The molecule has 0 atom stereocenters. The predicted molar refractivity (Wildman–Crippen MR) is 123 cm³/mol. The van der Waals surface area contributed by atoms with Gasteiger partial charge in [0.25, 0.3) is 0 Å². The van der Waals surface area contributed by atoms with Gasteiger partial charge in [-0.25, -0.2) is 18.0 Å². The summed E-state index contributed by atoms with van der Waals surface area (Å²) in [6.07, 6.45) is 9.05. The van der Waals surface area contributed by atoms with Crippen molar-refractivity contribution in [1.29, 1.82) is 0 Å². The standard InChI is InChI=1S/C22H22BrN5O2S/c1-2-3-6-13-27-14-15-28(16-27)22-21(24-19-7-4-5-8-20(19)25-22)26-31(29,30)18-11-9-17(23)10-12-18/h4-5,7-12,14-16H,2-3,6,13H2,1H3. The number of aryl methyl sites for hydroxylation is 1. The molecule has 0 saturated carbocycles. The number of hydrogen-bond donors (Lipinski definition) is 0. The molecule has 0 amide bonds. The second-order valence-electron chi connectivity index (χ2n) is 7.15. The monoisotopic (exact) mass is 499 g/mol. The number of benzene rings is 2. The number of imidazole rings is 1. The van der Waals surface area contributed by atoms with Crippen LogP contribution in [-0.4, -0.2) is 23.0 Å². The van der Waals surface area contributed by atoms with Crippen molar-refractivity contribution in [2.24, 2.45) is 0 Å². The van der Waals surface area contributed by atoms with Crippen LogP contribution in [0, 0.1) is 0 Å². The lowest BCUT2D eigenvalue weighted by Gasteiger charge is -2.18. The maximum Gasteiger partial charge on any atom is 0.250 e. The zero-order chi connectivity index (χ0) is 21.8. The molecule has 0 N–H and O–H groups in total. The van der Waals surface area contributed by atoms with Gasteiger partial charge in [0.1, 0.15) is 12.4 Å². The van der Waals surface area contributed by atoms with E-state index in [1.807, 2.05) is 36.9 Å². The Bertz CT molecular complexity index is 1300. The molecule has 4 aromatic rings. The Kier molecular flexibility index (Phi) is 6.33. The molecular weight excluding hydrogens is 478 g/mol. The Morgan fingerprint density at radius 1 is 1.03 bits per heavy atom. The molecule has 0 aliphatic rings. The fourth-order valence-electron chi connectivity index (χ4n) is 3.19. The molecule has 0 radical (unpaired) electrons. The fraction of sp³-hybridized carbons (Fsp3) is 0.227. The first-order chi connectivity index (χ1) is 15.0. The third-order valence-electron chi connectivity index (χ3n) is 4.81. The summed E-state index contributed by atoms with van der Waals surface area (Å²) in [4.78, 5) is 9.28. The zero-order valence-corrected chi connectivity index (χ0v) is 19.4. The predicted octanol–water partition coefficient (Wildman–Crippen LogP) is 5.05. The Balaban J connectivity index is 1.74. The molecule has 2 aromatic carbocycles. The molecule has 31 heavy (non-hydrogen) atoms. The number of halogens is 1. The first-order valence-electron chi connectivity index (χ1n) is 10.0. The quantitative estimate of drug-likeness (QED) is 0.250. The van der Waals surface area contributed by atoms with Gasteiger partial charge in [-0.05, 0) is 48.7 Å². The topological polar surface area (TPSA) is 82.8 Å². The smallest absolute Gasteiger partial charge is 0.250 e. The van der Waals surface area contributed by atoms with Gasteiger partial charge in [-0.1, -0.05) is 47.5 Å². The van der Waals surface area contributed by atoms with E-state index in [1.165, 1.54) is 12.1 Å². The maximum atomic E-state index is 12.9. The molecule has 9 heteroatoms. The van der Waals surface area contributed by atoms with Crippen LogP contribution in [0.2, 0.25) is 0 Å². The highest BCUT2D eigenvalue weighted by molar-refractivity contribution is 9.10. The van der Waals surface area contributed by atoms with Crippen molar-refractivity contribution >= 4 is 42.8 Å². The first-order valence-corrected chi connectivity index (χ1v) is 12.3. The van der Waals surface area contributed by atoms with Gasteiger partial charge in [0, 0.05) is 10.3 Å². The number of fused-ring (bicyclic) bond motifs is 1. The number of aromatic nitrogens is 4. The van der Waals surface area contributed by atoms with Crippen LogP contribution in [0.15, 0.2) is 76.6 Å². The van der Waals surface area contributed by atoms with Crippen LogP contribution >= 0.6 is 15.9 Å². The summed E-state index contributed by atoms with van der Waals surface area (Å²) in [6.45, 7) is 3.05. The molecule has 0 saturated heterocycles. The Labute approximate surface area is 190 Å². The van der Waals surface area contributed by atoms with Gasteiger partial charge in [-0.15, -0.1) is 0 Å². The molecule has 0 spiro atoms. The van der Waals surface area contributed by atoms with Crippen LogP contribution in [0.5, 0.6) is 0 Å². The molecule has 160 valence electrons. The van der Waals surface area contributed by atoms with Gasteiger partial charge in [-0.2, -0.15) is 4.57 Å². The van der Waals surface area contributed by atoms with E-state index in [4.69, 9.17) is 0 Å². The van der Waals surface area contributed by atoms with E-state index in [1.54, 1.807) is 22.8 Å². The third-order valence-corrected chi connectivity index (χ3v) is 6.62. The second-order valence-corrected chi connectivity index (χ2v) is 9.67. The van der Waals surface area contributed by atoms with E-state index in [-0.39, 0.29) is 10.7 Å². The Hall–Kier alpha value is -2.78. The highest BCUT2D eigenvalue weighted by Crippen LogP contribution is 2.32. The molecule has 0 fully saturated rings. The van der Waals surface area contributed by atoms with E-state index < -0.39 is 10.0 Å². The summed E-state index contributed by atoms with van der Waals surface area (Å²) in [5.74, 6) is 0.423. The van der Waals surface area contributed by atoms with Crippen molar-refractivity contribution < 1.29 is 13.0 Å². The van der Waals surface area contributed by atoms with Gasteiger partial charge in [-0.3, -0.25) is 0 Å². The van der Waals surface area contributed by atoms with E-state index >= 15 is 0 Å². The molecule has 2 heterocycles. The average Bonchev–Trinajstić information content (AvgIpc) is 3.22. The SMILES string of the molecule is CCCCC[n+]1ccn(-c2nc3ccccc3nc2[N-]S(=O)(=O)c2ccc(Br)cc2)c1. The molecule has 2 aromatic heterocycles. The molecule has 4 rings (SSSR count). The highest BCUT2D eigenvalue weighted by Gasteiger charge is 2.16. The van der Waals surface area contributed by atoms with Gasteiger partial charge < -0.3 is 9.71 Å². The lowest BCUT2D eigenvalue weighted by Crippen LogP contribution is -2.30. The second kappa shape index (κ2) is 9.15. The largest absolute Gasteiger partial charge is 0.429 e. The van der Waals surface area contributed by atoms with Crippen LogP contribution in [0.4, 0.5) is 5.82 Å². The molecule has 0 aliphatic carbocycles. The summed E-state index contributed by atoms with van der Waals surface area (Å²) in [6, 6.07) is 13.7. The summed E-state index contributed by atoms with van der Waals surface area (Å²) in [7, 11) is -3.96. The molecule has 7 nitrogen and oxygen atoms in total. The Morgan fingerprint density at radius 2 is 1.74 bits per heavy atom. The average molecular weight is 500 g/mol. The minimum absolute atomic E-state index is 0.0536. The number of hydrogen-bond acceptors (Lipinski definition) is 4. The highest BCUT2D eigenvalue weighted by atomic mass is 79.9. The van der Waals surface area contributed by atoms with Crippen molar-refractivity contribution in [3.05, 3.63) is 76.4 Å². The fourth-order valence-corrected chi connectivity index (χ4v) is 4.39. The summed E-state index contributed by atoms with van der Waals surface area (Å²) < 4.78 is 34.6. The maximum absolute atomic E-state index is 12.9. The first kappa shape index (κ1) is 21.5. The molecule has 0 unspecified atom stereocenters. The number of sulfonamides is 1. The van der Waals surface area contributed by atoms with Gasteiger partial charge in [0.05, 0.1) is 17.0 Å². The van der Waals surface area contributed by atoms with Crippen molar-refractivity contribution in [2.75, 3.05) is 0 Å². The summed E-state index contributed by atoms with van der Waals surface area (Å²) >= 11 is 3.32. The number of nitrogens with zero attached hydrogens (tertiary/aromatic N) is 5. The van der Waals surface area contributed by atoms with Gasteiger partial charge in [0.2, 0.25) is 22.2 Å². The van der Waals surface area contributed by atoms with E-state index in [2.05, 4.69) is 42.1 Å². The van der Waals surface area contributed by atoms with Crippen LogP contribution in [0.25, 0.3) is 21.6 Å². The van der Waals surface area contributed by atoms with Crippen LogP contribution < -0.4 is 4.57 Å². The molecular formula is C22H22BrN5O2S. The van der Waals surface area contributed by atoms with Crippen LogP contribution in [0.1, 0.15) is 26.2 Å². The van der Waals surface area contributed by atoms with Crippen LogP contribution in [-0.2, 0) is 16.6 Å². The van der Waals surface area contributed by atoms with E-state index in [9.17, 15) is 8.42 Å². The third kappa shape index (κ3) is 4.94.